The zero-order chi connectivity index (χ0) is 13.3. The molecule has 0 atom stereocenters. The molecule has 0 saturated carbocycles. The summed E-state index contributed by atoms with van der Waals surface area (Å²) >= 11 is 0. The van der Waals surface area contributed by atoms with Crippen LogP contribution < -0.4 is 4.74 Å². The molecule has 0 fully saturated rings. The van der Waals surface area contributed by atoms with E-state index >= 15 is 0 Å². The molecule has 0 aromatic heterocycles. The van der Waals surface area contributed by atoms with Gasteiger partial charge in [0.05, 0.1) is 0 Å². The van der Waals surface area contributed by atoms with Gasteiger partial charge >= 0.3 is 6.36 Å². The number of ether oxygens (including phenoxy) is 1. The number of hydrogen-bond donors (Lipinski definition) is 0. The average molecular weight is 262 g/mol. The molecule has 2 rings (SSSR count). The second kappa shape index (κ2) is 4.44. The van der Waals surface area contributed by atoms with Crippen molar-refractivity contribution in [3.63, 3.8) is 0 Å². The van der Waals surface area contributed by atoms with Gasteiger partial charge in [0.1, 0.15) is 5.75 Å². The van der Waals surface area contributed by atoms with Crippen LogP contribution in [-0.4, -0.2) is 6.36 Å². The van der Waals surface area contributed by atoms with E-state index in [-0.39, 0.29) is 10.9 Å². The highest BCUT2D eigenvalue weighted by Gasteiger charge is 2.31. The molecular formula is C12H7F5O. The molecule has 0 spiro atoms. The summed E-state index contributed by atoms with van der Waals surface area (Å²) in [5, 5.41) is 0.837. The maximum atomic E-state index is 12.5. The van der Waals surface area contributed by atoms with Crippen molar-refractivity contribution in [2.24, 2.45) is 0 Å². The number of fused-ring (bicyclic) bond motifs is 1. The molecule has 0 N–H and O–H groups in total. The van der Waals surface area contributed by atoms with E-state index in [1.54, 1.807) is 0 Å². The molecule has 2 aromatic rings. The van der Waals surface area contributed by atoms with Gasteiger partial charge in [-0.3, -0.25) is 0 Å². The van der Waals surface area contributed by atoms with Gasteiger partial charge in [-0.2, -0.15) is 0 Å². The highest BCUT2D eigenvalue weighted by atomic mass is 19.4. The average Bonchev–Trinajstić information content (AvgIpc) is 2.25. The predicted molar refractivity (Wildman–Crippen MR) is 55.6 cm³/mol. The van der Waals surface area contributed by atoms with Crippen molar-refractivity contribution in [2.75, 3.05) is 0 Å². The summed E-state index contributed by atoms with van der Waals surface area (Å²) in [5.41, 5.74) is -0.244. The van der Waals surface area contributed by atoms with Crippen molar-refractivity contribution in [3.8, 4) is 5.75 Å². The molecule has 0 bridgehead atoms. The molecule has 0 heterocycles. The lowest BCUT2D eigenvalue weighted by molar-refractivity contribution is -0.274. The lowest BCUT2D eigenvalue weighted by Crippen LogP contribution is -2.16. The van der Waals surface area contributed by atoms with Gasteiger partial charge in [-0.05, 0) is 29.0 Å². The molecular weight excluding hydrogens is 255 g/mol. The van der Waals surface area contributed by atoms with Crippen LogP contribution in [0.3, 0.4) is 0 Å². The third-order valence-electron chi connectivity index (χ3n) is 2.32. The van der Waals surface area contributed by atoms with Gasteiger partial charge in [0.25, 0.3) is 6.43 Å². The minimum Gasteiger partial charge on any atom is -0.406 e. The third kappa shape index (κ3) is 2.88. The van der Waals surface area contributed by atoms with Gasteiger partial charge in [0.2, 0.25) is 0 Å². The van der Waals surface area contributed by atoms with Gasteiger partial charge in [-0.25, -0.2) is 8.78 Å². The summed E-state index contributed by atoms with van der Waals surface area (Å²) in [7, 11) is 0. The van der Waals surface area contributed by atoms with Crippen LogP contribution in [0.2, 0.25) is 0 Å². The number of benzene rings is 2. The molecule has 0 aliphatic heterocycles. The van der Waals surface area contributed by atoms with E-state index in [2.05, 4.69) is 4.74 Å². The minimum absolute atomic E-state index is 0.244. The Balaban J connectivity index is 2.42. The Morgan fingerprint density at radius 1 is 0.889 bits per heavy atom. The summed E-state index contributed by atoms with van der Waals surface area (Å²) in [5.74, 6) is -0.429. The Kier molecular flexibility index (Phi) is 3.11. The van der Waals surface area contributed by atoms with Crippen molar-refractivity contribution in [3.05, 3.63) is 42.0 Å². The van der Waals surface area contributed by atoms with Crippen LogP contribution in [0.4, 0.5) is 22.0 Å². The molecule has 0 aliphatic rings. The Bertz CT molecular complexity index is 562. The van der Waals surface area contributed by atoms with Crippen LogP contribution in [0.5, 0.6) is 5.75 Å². The van der Waals surface area contributed by atoms with Crippen LogP contribution in [0.25, 0.3) is 10.8 Å². The topological polar surface area (TPSA) is 9.23 Å². The smallest absolute Gasteiger partial charge is 0.406 e. The van der Waals surface area contributed by atoms with Crippen LogP contribution in [0.1, 0.15) is 12.0 Å². The van der Waals surface area contributed by atoms with Crippen LogP contribution in [0, 0.1) is 0 Å². The molecule has 0 saturated heterocycles. The van der Waals surface area contributed by atoms with Crippen molar-refractivity contribution in [1.29, 1.82) is 0 Å². The zero-order valence-electron chi connectivity index (χ0n) is 8.84. The van der Waals surface area contributed by atoms with Gasteiger partial charge in [-0.15, -0.1) is 13.2 Å². The highest BCUT2D eigenvalue weighted by Crippen LogP contribution is 2.29. The Morgan fingerprint density at radius 2 is 1.56 bits per heavy atom. The van der Waals surface area contributed by atoms with Gasteiger partial charge in [0.15, 0.2) is 0 Å². The fourth-order valence-electron chi connectivity index (χ4n) is 1.58. The molecule has 96 valence electrons. The summed E-state index contributed by atoms with van der Waals surface area (Å²) in [6.07, 6.45) is -7.46. The molecule has 0 amide bonds. The molecule has 1 nitrogen and oxygen atoms in total. The first-order valence-corrected chi connectivity index (χ1v) is 4.93. The molecule has 0 aliphatic carbocycles. The lowest BCUT2D eigenvalue weighted by Gasteiger charge is -2.10. The van der Waals surface area contributed by atoms with E-state index in [1.807, 2.05) is 0 Å². The second-order valence-corrected chi connectivity index (χ2v) is 3.62. The zero-order valence-corrected chi connectivity index (χ0v) is 8.84. The quantitative estimate of drug-likeness (QED) is 0.714. The van der Waals surface area contributed by atoms with E-state index in [0.717, 1.165) is 18.2 Å². The Hall–Kier alpha value is -1.85. The monoisotopic (exact) mass is 262 g/mol. The van der Waals surface area contributed by atoms with E-state index in [0.29, 0.717) is 5.39 Å². The third-order valence-corrected chi connectivity index (χ3v) is 2.32. The molecule has 0 unspecified atom stereocenters. The molecule has 18 heavy (non-hydrogen) atoms. The van der Waals surface area contributed by atoms with E-state index in [1.165, 1.54) is 18.2 Å². The van der Waals surface area contributed by atoms with Crippen molar-refractivity contribution in [2.45, 2.75) is 12.8 Å². The van der Waals surface area contributed by atoms with Crippen LogP contribution >= 0.6 is 0 Å². The van der Waals surface area contributed by atoms with Gasteiger partial charge in [0, 0.05) is 5.56 Å². The first kappa shape index (κ1) is 12.6. The predicted octanol–water partition coefficient (Wildman–Crippen LogP) is 4.68. The van der Waals surface area contributed by atoms with Crippen molar-refractivity contribution in [1.82, 2.24) is 0 Å². The van der Waals surface area contributed by atoms with E-state index in [9.17, 15) is 22.0 Å². The largest absolute Gasteiger partial charge is 0.573 e. The SMILES string of the molecule is FC(F)c1ccc2ccc(OC(F)(F)F)cc2c1. The normalized spacial score (nSPS) is 12.1. The van der Waals surface area contributed by atoms with Crippen molar-refractivity contribution >= 4 is 10.8 Å². The molecule has 0 radical (unpaired) electrons. The fourth-order valence-corrected chi connectivity index (χ4v) is 1.58. The van der Waals surface area contributed by atoms with Gasteiger partial charge < -0.3 is 4.74 Å². The first-order chi connectivity index (χ1) is 8.35. The Morgan fingerprint density at radius 3 is 2.17 bits per heavy atom. The van der Waals surface area contributed by atoms with Crippen molar-refractivity contribution < 1.29 is 26.7 Å². The summed E-state index contributed by atoms with van der Waals surface area (Å²) in [6, 6.07) is 7.40. The second-order valence-electron chi connectivity index (χ2n) is 3.62. The highest BCUT2D eigenvalue weighted by molar-refractivity contribution is 5.84. The van der Waals surface area contributed by atoms with E-state index < -0.39 is 18.5 Å². The van der Waals surface area contributed by atoms with Crippen LogP contribution in [-0.2, 0) is 0 Å². The summed E-state index contributed by atoms with van der Waals surface area (Å²) in [4.78, 5) is 0. The maximum Gasteiger partial charge on any atom is 0.573 e. The lowest BCUT2D eigenvalue weighted by atomic mass is 10.1. The van der Waals surface area contributed by atoms with Crippen LogP contribution in [0.15, 0.2) is 36.4 Å². The summed E-state index contributed by atoms with van der Waals surface area (Å²) < 4.78 is 64.7. The molecule has 2 aromatic carbocycles. The standard InChI is InChI=1S/C12H7F5O/c13-11(14)8-2-1-7-3-4-10(6-9(7)5-8)18-12(15,16)17/h1-6,11H. The Labute approximate surface area is 98.8 Å². The fraction of sp³-hybridized carbons (Fsp3) is 0.167. The van der Waals surface area contributed by atoms with Gasteiger partial charge in [-0.1, -0.05) is 18.2 Å². The number of halogens is 5. The first-order valence-electron chi connectivity index (χ1n) is 4.93. The number of alkyl halides is 5. The minimum atomic E-state index is -4.80. The van der Waals surface area contributed by atoms with E-state index in [4.69, 9.17) is 0 Å². The number of rotatable bonds is 2. The number of hydrogen-bond acceptors (Lipinski definition) is 1. The molecule has 6 heteroatoms. The summed E-state index contributed by atoms with van der Waals surface area (Å²) in [6.45, 7) is 0. The maximum absolute atomic E-state index is 12.5.